The van der Waals surface area contributed by atoms with Crippen LogP contribution in [0, 0.1) is 11.3 Å². The van der Waals surface area contributed by atoms with Gasteiger partial charge in [0.05, 0.1) is 7.11 Å². The SMILES string of the molecule is CCCCC(=O)Nc1oc(-c2ccc(OC)cc2)cc1C#N. The first-order valence-electron chi connectivity index (χ1n) is 7.16. The van der Waals surface area contributed by atoms with Crippen LogP contribution >= 0.6 is 0 Å². The van der Waals surface area contributed by atoms with Crippen molar-refractivity contribution < 1.29 is 13.9 Å². The Balaban J connectivity index is 2.20. The predicted molar refractivity (Wildman–Crippen MR) is 83.6 cm³/mol. The summed E-state index contributed by atoms with van der Waals surface area (Å²) in [7, 11) is 1.60. The zero-order valence-corrected chi connectivity index (χ0v) is 12.7. The second-order valence-corrected chi connectivity index (χ2v) is 4.85. The first-order valence-corrected chi connectivity index (χ1v) is 7.16. The van der Waals surface area contributed by atoms with Gasteiger partial charge in [-0.05, 0) is 30.7 Å². The lowest BCUT2D eigenvalue weighted by molar-refractivity contribution is -0.116. The van der Waals surface area contributed by atoms with Gasteiger partial charge >= 0.3 is 0 Å². The summed E-state index contributed by atoms with van der Waals surface area (Å²) in [6.07, 6.45) is 2.16. The third-order valence-electron chi connectivity index (χ3n) is 3.24. The molecule has 0 saturated heterocycles. The minimum Gasteiger partial charge on any atom is -0.497 e. The molecule has 0 saturated carbocycles. The largest absolute Gasteiger partial charge is 0.497 e. The summed E-state index contributed by atoms with van der Waals surface area (Å²) in [4.78, 5) is 11.8. The molecule has 2 aromatic rings. The van der Waals surface area contributed by atoms with E-state index in [1.807, 2.05) is 37.3 Å². The van der Waals surface area contributed by atoms with Crippen LogP contribution in [0.2, 0.25) is 0 Å². The standard InChI is InChI=1S/C17H18N2O3/c1-3-4-5-16(20)19-17-13(11-18)10-15(22-17)12-6-8-14(21-2)9-7-12/h6-10H,3-5H2,1-2H3,(H,19,20). The maximum atomic E-state index is 11.8. The molecule has 0 bridgehead atoms. The Kier molecular flexibility index (Phi) is 5.21. The minimum absolute atomic E-state index is 0.144. The van der Waals surface area contributed by atoms with E-state index in [0.29, 0.717) is 17.7 Å². The number of amides is 1. The van der Waals surface area contributed by atoms with E-state index in [4.69, 9.17) is 14.4 Å². The fourth-order valence-electron chi connectivity index (χ4n) is 1.99. The van der Waals surface area contributed by atoms with Crippen molar-refractivity contribution >= 4 is 11.8 Å². The van der Waals surface area contributed by atoms with Crippen LogP contribution in [0.1, 0.15) is 31.7 Å². The number of nitrogens with one attached hydrogen (secondary N) is 1. The number of nitriles is 1. The summed E-state index contributed by atoms with van der Waals surface area (Å²) in [6, 6.07) is 10.9. The molecule has 1 N–H and O–H groups in total. The lowest BCUT2D eigenvalue weighted by atomic mass is 10.1. The van der Waals surface area contributed by atoms with Crippen molar-refractivity contribution in [2.24, 2.45) is 0 Å². The molecule has 0 fully saturated rings. The molecule has 0 spiro atoms. The molecule has 0 aliphatic rings. The van der Waals surface area contributed by atoms with Crippen molar-refractivity contribution in [1.29, 1.82) is 5.26 Å². The molecule has 114 valence electrons. The molecule has 1 aromatic heterocycles. The lowest BCUT2D eigenvalue weighted by Gasteiger charge is -2.02. The van der Waals surface area contributed by atoms with Gasteiger partial charge in [-0.15, -0.1) is 0 Å². The van der Waals surface area contributed by atoms with Gasteiger partial charge in [0.25, 0.3) is 0 Å². The number of unbranched alkanes of at least 4 members (excludes halogenated alkanes) is 1. The van der Waals surface area contributed by atoms with E-state index in [0.717, 1.165) is 24.2 Å². The van der Waals surface area contributed by atoms with Gasteiger partial charge in [0, 0.05) is 18.1 Å². The normalized spacial score (nSPS) is 10.0. The second kappa shape index (κ2) is 7.32. The Morgan fingerprint density at radius 3 is 2.68 bits per heavy atom. The fourth-order valence-corrected chi connectivity index (χ4v) is 1.99. The molecule has 0 unspecified atom stereocenters. The minimum atomic E-state index is -0.144. The van der Waals surface area contributed by atoms with Crippen molar-refractivity contribution in [2.75, 3.05) is 12.4 Å². The molecular weight excluding hydrogens is 280 g/mol. The molecule has 0 atom stereocenters. The Morgan fingerprint density at radius 1 is 1.36 bits per heavy atom. The molecular formula is C17H18N2O3. The number of carbonyl (C=O) groups excluding carboxylic acids is 1. The van der Waals surface area contributed by atoms with Gasteiger partial charge in [-0.2, -0.15) is 5.26 Å². The van der Waals surface area contributed by atoms with Crippen LogP contribution in [0.5, 0.6) is 5.75 Å². The fraction of sp³-hybridized carbons (Fsp3) is 0.294. The van der Waals surface area contributed by atoms with Gasteiger partial charge in [0.1, 0.15) is 23.1 Å². The highest BCUT2D eigenvalue weighted by molar-refractivity contribution is 5.91. The average Bonchev–Trinajstić information content (AvgIpc) is 2.95. The second-order valence-electron chi connectivity index (χ2n) is 4.85. The third kappa shape index (κ3) is 3.67. The Morgan fingerprint density at radius 2 is 2.09 bits per heavy atom. The Hall–Kier alpha value is -2.74. The third-order valence-corrected chi connectivity index (χ3v) is 3.24. The van der Waals surface area contributed by atoms with Crippen molar-refractivity contribution in [3.05, 3.63) is 35.9 Å². The summed E-state index contributed by atoms with van der Waals surface area (Å²) in [6.45, 7) is 2.02. The number of hydrogen-bond donors (Lipinski definition) is 1. The highest BCUT2D eigenvalue weighted by Crippen LogP contribution is 2.30. The summed E-state index contributed by atoms with van der Waals surface area (Å²) in [5, 5.41) is 11.8. The number of carbonyl (C=O) groups is 1. The average molecular weight is 298 g/mol. The summed E-state index contributed by atoms with van der Waals surface area (Å²) in [5.74, 6) is 1.33. The molecule has 0 radical (unpaired) electrons. The molecule has 1 aromatic carbocycles. The van der Waals surface area contributed by atoms with Crippen LogP contribution in [0.25, 0.3) is 11.3 Å². The van der Waals surface area contributed by atoms with Crippen LogP contribution in [0.15, 0.2) is 34.7 Å². The molecule has 1 heterocycles. The number of nitrogens with zero attached hydrogens (tertiary/aromatic N) is 1. The number of methoxy groups -OCH3 is 1. The smallest absolute Gasteiger partial charge is 0.226 e. The molecule has 2 rings (SSSR count). The van der Waals surface area contributed by atoms with Crippen molar-refractivity contribution in [3.63, 3.8) is 0 Å². The van der Waals surface area contributed by atoms with Crippen molar-refractivity contribution in [2.45, 2.75) is 26.2 Å². The number of rotatable bonds is 6. The maximum Gasteiger partial charge on any atom is 0.226 e. The van der Waals surface area contributed by atoms with E-state index in [9.17, 15) is 4.79 Å². The molecule has 1 amide bonds. The molecule has 0 aliphatic heterocycles. The van der Waals surface area contributed by atoms with Gasteiger partial charge in [0.2, 0.25) is 11.8 Å². The van der Waals surface area contributed by atoms with E-state index in [-0.39, 0.29) is 11.8 Å². The van der Waals surface area contributed by atoms with Crippen LogP contribution in [0.3, 0.4) is 0 Å². The highest BCUT2D eigenvalue weighted by atomic mass is 16.5. The van der Waals surface area contributed by atoms with Crippen molar-refractivity contribution in [1.82, 2.24) is 0 Å². The molecule has 5 nitrogen and oxygen atoms in total. The number of hydrogen-bond acceptors (Lipinski definition) is 4. The first-order chi connectivity index (χ1) is 10.7. The van der Waals surface area contributed by atoms with Gasteiger partial charge in [0.15, 0.2) is 0 Å². The monoisotopic (exact) mass is 298 g/mol. The molecule has 22 heavy (non-hydrogen) atoms. The lowest BCUT2D eigenvalue weighted by Crippen LogP contribution is -2.11. The van der Waals surface area contributed by atoms with Gasteiger partial charge < -0.3 is 9.15 Å². The number of furan rings is 1. The number of benzene rings is 1. The van der Waals surface area contributed by atoms with Crippen LogP contribution in [0.4, 0.5) is 5.88 Å². The zero-order valence-electron chi connectivity index (χ0n) is 12.7. The van der Waals surface area contributed by atoms with E-state index < -0.39 is 0 Å². The van der Waals surface area contributed by atoms with Crippen LogP contribution < -0.4 is 10.1 Å². The maximum absolute atomic E-state index is 11.8. The van der Waals surface area contributed by atoms with E-state index in [1.165, 1.54) is 0 Å². The Bertz CT molecular complexity index is 681. The number of anilines is 1. The van der Waals surface area contributed by atoms with E-state index in [2.05, 4.69) is 5.32 Å². The molecule has 5 heteroatoms. The van der Waals surface area contributed by atoms with E-state index in [1.54, 1.807) is 13.2 Å². The van der Waals surface area contributed by atoms with E-state index >= 15 is 0 Å². The predicted octanol–water partition coefficient (Wildman–Crippen LogP) is 3.96. The van der Waals surface area contributed by atoms with Gasteiger partial charge in [-0.25, -0.2) is 0 Å². The summed E-state index contributed by atoms with van der Waals surface area (Å²) >= 11 is 0. The van der Waals surface area contributed by atoms with Gasteiger partial charge in [-0.1, -0.05) is 13.3 Å². The van der Waals surface area contributed by atoms with Crippen molar-refractivity contribution in [3.8, 4) is 23.1 Å². The first kappa shape index (κ1) is 15.6. The molecule has 0 aliphatic carbocycles. The summed E-state index contributed by atoms with van der Waals surface area (Å²) < 4.78 is 10.7. The number of ether oxygens (including phenoxy) is 1. The zero-order chi connectivity index (χ0) is 15.9. The van der Waals surface area contributed by atoms with Crippen LogP contribution in [-0.2, 0) is 4.79 Å². The van der Waals surface area contributed by atoms with Gasteiger partial charge in [-0.3, -0.25) is 10.1 Å². The Labute approximate surface area is 129 Å². The van der Waals surface area contributed by atoms with Crippen LogP contribution in [-0.4, -0.2) is 13.0 Å². The topological polar surface area (TPSA) is 75.3 Å². The highest BCUT2D eigenvalue weighted by Gasteiger charge is 2.14. The summed E-state index contributed by atoms with van der Waals surface area (Å²) in [5.41, 5.74) is 1.13. The quantitative estimate of drug-likeness (QED) is 0.876.